The number of rotatable bonds is 29. The fourth-order valence-corrected chi connectivity index (χ4v) is 4.83. The summed E-state index contributed by atoms with van der Waals surface area (Å²) in [5.74, 6) is 0. The highest BCUT2D eigenvalue weighted by Crippen LogP contribution is 2.10. The van der Waals surface area contributed by atoms with Gasteiger partial charge >= 0.3 is 0 Å². The van der Waals surface area contributed by atoms with Crippen LogP contribution in [-0.2, 0) is 0 Å². The van der Waals surface area contributed by atoms with Gasteiger partial charge in [0.2, 0.25) is 0 Å². The van der Waals surface area contributed by atoms with Crippen LogP contribution in [0.3, 0.4) is 0 Å². The maximum Gasteiger partial charge on any atom is 0.0662 e. The average Bonchev–Trinajstić information content (AvgIpc) is 3.05. The minimum absolute atomic E-state index is 0.125. The van der Waals surface area contributed by atoms with Gasteiger partial charge in [-0.3, -0.25) is 0 Å². The van der Waals surface area contributed by atoms with Gasteiger partial charge < -0.3 is 10.2 Å². The second kappa shape index (κ2) is 65.6. The Morgan fingerprint density at radius 2 is 0.273 bits per heavy atom. The van der Waals surface area contributed by atoms with E-state index in [1.54, 1.807) is 0 Å². The first-order chi connectivity index (χ1) is 21.6. The molecule has 0 aromatic rings. The summed E-state index contributed by atoms with van der Waals surface area (Å²) in [6.45, 7) is 17.9. The zero-order chi connectivity index (χ0) is 34.0. The lowest BCUT2D eigenvalue weighted by atomic mass is 10.1. The fourth-order valence-electron chi connectivity index (χ4n) is 4.83. The molecule has 0 unspecified atom stereocenters. The molecule has 0 amide bonds. The van der Waals surface area contributed by atoms with Gasteiger partial charge in [0.1, 0.15) is 0 Å². The summed E-state index contributed by atoms with van der Waals surface area (Å²) in [5.41, 5.74) is 0. The van der Waals surface area contributed by atoms with Crippen LogP contribution in [0.15, 0.2) is 0 Å². The van der Waals surface area contributed by atoms with Gasteiger partial charge in [0.15, 0.2) is 0 Å². The van der Waals surface area contributed by atoms with Crippen molar-refractivity contribution in [2.75, 3.05) is 13.2 Å². The maximum atomic E-state index is 7.62. The van der Waals surface area contributed by atoms with Crippen LogP contribution in [0.2, 0.25) is 0 Å². The zero-order valence-electron chi connectivity index (χ0n) is 32.9. The molecular weight excluding hydrogens is 536 g/mol. The topological polar surface area (TPSA) is 40.5 Å². The van der Waals surface area contributed by atoms with Gasteiger partial charge in [-0.2, -0.15) is 0 Å². The van der Waals surface area contributed by atoms with E-state index in [1.807, 2.05) is 0 Å². The highest BCUT2D eigenvalue weighted by Gasteiger charge is 1.90. The Labute approximate surface area is 283 Å². The molecule has 0 aliphatic heterocycles. The van der Waals surface area contributed by atoms with E-state index < -0.39 is 0 Å². The largest absolute Gasteiger partial charge is 0.394 e. The van der Waals surface area contributed by atoms with E-state index >= 15 is 0 Å². The first-order valence-corrected chi connectivity index (χ1v) is 20.8. The molecule has 2 heteroatoms. The quantitative estimate of drug-likeness (QED) is 0.0807. The molecule has 2 N–H and O–H groups in total. The summed E-state index contributed by atoms with van der Waals surface area (Å²) in [7, 11) is 0. The molecule has 0 aliphatic rings. The van der Waals surface area contributed by atoms with Crippen LogP contribution in [0.5, 0.6) is 0 Å². The molecule has 0 saturated carbocycles. The Bertz CT molecular complexity index is 260. The third-order valence-corrected chi connectivity index (χ3v) is 7.93. The van der Waals surface area contributed by atoms with Crippen LogP contribution >= 0.6 is 0 Å². The number of aliphatic hydroxyl groups is 2. The molecule has 0 rings (SSSR count). The Kier molecular flexibility index (Phi) is 79.6. The van der Waals surface area contributed by atoms with Crippen molar-refractivity contribution in [2.24, 2.45) is 0 Å². The second-order valence-electron chi connectivity index (χ2n) is 12.9. The van der Waals surface area contributed by atoms with E-state index in [2.05, 4.69) is 55.4 Å². The molecule has 0 radical (unpaired) electrons. The Morgan fingerprint density at radius 3 is 0.341 bits per heavy atom. The van der Waals surface area contributed by atoms with Crippen LogP contribution < -0.4 is 0 Å². The normalized spacial score (nSPS) is 9.95. The van der Waals surface area contributed by atoms with Gasteiger partial charge in [-0.1, -0.05) is 261 Å². The van der Waals surface area contributed by atoms with Gasteiger partial charge in [0, 0.05) is 0 Å². The molecule has 2 nitrogen and oxygen atoms in total. The van der Waals surface area contributed by atoms with Crippen LogP contribution in [0.25, 0.3) is 0 Å². The van der Waals surface area contributed by atoms with Crippen molar-refractivity contribution in [1.29, 1.82) is 0 Å². The highest BCUT2D eigenvalue weighted by molar-refractivity contribution is 4.45. The SMILES string of the molecule is CCCCCCCCCC.CCCCCCCCCC.CCCCCCCCCC.CCCCCCCCCC.OCCO. The molecule has 0 aromatic heterocycles. The predicted octanol–water partition coefficient (Wildman–Crippen LogP) is 15.6. The van der Waals surface area contributed by atoms with Crippen LogP contribution in [0, 0.1) is 0 Å². The molecule has 0 aromatic carbocycles. The van der Waals surface area contributed by atoms with Crippen molar-refractivity contribution in [2.45, 2.75) is 261 Å². The average molecular weight is 631 g/mol. The van der Waals surface area contributed by atoms with Gasteiger partial charge in [0.05, 0.1) is 13.2 Å². The van der Waals surface area contributed by atoms with Gasteiger partial charge in [-0.15, -0.1) is 0 Å². The van der Waals surface area contributed by atoms with Crippen LogP contribution in [0.1, 0.15) is 261 Å². The van der Waals surface area contributed by atoms with Crippen molar-refractivity contribution in [3.05, 3.63) is 0 Å². The smallest absolute Gasteiger partial charge is 0.0662 e. The number of unbranched alkanes of at least 4 members (excludes halogenated alkanes) is 28. The third-order valence-electron chi connectivity index (χ3n) is 7.93. The van der Waals surface area contributed by atoms with E-state index in [9.17, 15) is 0 Å². The predicted molar refractivity (Wildman–Crippen MR) is 207 cm³/mol. The number of hydrogen-bond donors (Lipinski definition) is 2. The van der Waals surface area contributed by atoms with Crippen molar-refractivity contribution in [1.82, 2.24) is 0 Å². The minimum Gasteiger partial charge on any atom is -0.394 e. The van der Waals surface area contributed by atoms with E-state index in [0.29, 0.717) is 0 Å². The van der Waals surface area contributed by atoms with E-state index in [-0.39, 0.29) is 13.2 Å². The fraction of sp³-hybridized carbons (Fsp3) is 1.00. The Balaban J connectivity index is -0.000000147. The molecule has 0 heterocycles. The van der Waals surface area contributed by atoms with Gasteiger partial charge in [0.25, 0.3) is 0 Å². The van der Waals surface area contributed by atoms with Crippen LogP contribution in [0.4, 0.5) is 0 Å². The summed E-state index contributed by atoms with van der Waals surface area (Å²) in [6, 6.07) is 0. The summed E-state index contributed by atoms with van der Waals surface area (Å²) in [4.78, 5) is 0. The van der Waals surface area contributed by atoms with Crippen molar-refractivity contribution in [3.63, 3.8) is 0 Å². The molecule has 0 aliphatic carbocycles. The first-order valence-electron chi connectivity index (χ1n) is 20.8. The first kappa shape index (κ1) is 53.4. The minimum atomic E-state index is -0.125. The molecule has 274 valence electrons. The zero-order valence-corrected chi connectivity index (χ0v) is 32.9. The summed E-state index contributed by atoms with van der Waals surface area (Å²) >= 11 is 0. The molecule has 0 fully saturated rings. The van der Waals surface area contributed by atoms with E-state index in [0.717, 1.165) is 0 Å². The molecule has 44 heavy (non-hydrogen) atoms. The summed E-state index contributed by atoms with van der Waals surface area (Å²) in [6.07, 6.45) is 45.8. The standard InChI is InChI=1S/4C10H22.C2H6O2/c4*1-3-5-7-9-10-8-6-4-2;3-1-2-4/h4*3-10H2,1-2H3;3-4H,1-2H2. The Morgan fingerprint density at radius 1 is 0.182 bits per heavy atom. The monoisotopic (exact) mass is 631 g/mol. The lowest BCUT2D eigenvalue weighted by molar-refractivity contribution is 0.186. The number of aliphatic hydroxyl groups excluding tert-OH is 2. The number of hydrogen-bond acceptors (Lipinski definition) is 2. The van der Waals surface area contributed by atoms with Crippen LogP contribution in [-0.4, -0.2) is 23.4 Å². The molecule has 0 saturated heterocycles. The Hall–Kier alpha value is -0.0800. The van der Waals surface area contributed by atoms with Gasteiger partial charge in [-0.25, -0.2) is 0 Å². The van der Waals surface area contributed by atoms with Gasteiger partial charge in [-0.05, 0) is 0 Å². The molecule has 0 spiro atoms. The van der Waals surface area contributed by atoms with Crippen molar-refractivity contribution in [3.8, 4) is 0 Å². The maximum absolute atomic E-state index is 7.62. The highest BCUT2D eigenvalue weighted by atomic mass is 16.3. The molecular formula is C42H94O2. The third kappa shape index (κ3) is 83.9. The van der Waals surface area contributed by atoms with Crippen molar-refractivity contribution < 1.29 is 10.2 Å². The van der Waals surface area contributed by atoms with E-state index in [1.165, 1.54) is 205 Å². The lowest BCUT2D eigenvalue weighted by Crippen LogP contribution is -1.85. The summed E-state index contributed by atoms with van der Waals surface area (Å²) in [5, 5.41) is 15.2. The summed E-state index contributed by atoms with van der Waals surface area (Å²) < 4.78 is 0. The second-order valence-corrected chi connectivity index (χ2v) is 12.9. The lowest BCUT2D eigenvalue weighted by Gasteiger charge is -1.97. The molecule has 0 atom stereocenters. The van der Waals surface area contributed by atoms with Crippen molar-refractivity contribution >= 4 is 0 Å². The van der Waals surface area contributed by atoms with E-state index in [4.69, 9.17) is 10.2 Å². The molecule has 0 bridgehead atoms.